The summed E-state index contributed by atoms with van der Waals surface area (Å²) in [7, 11) is -2.00. The molecular weight excluding hydrogens is 296 g/mol. The van der Waals surface area contributed by atoms with Crippen LogP contribution in [0.4, 0.5) is 0 Å². The van der Waals surface area contributed by atoms with Gasteiger partial charge >= 0.3 is 5.97 Å². The van der Waals surface area contributed by atoms with Crippen molar-refractivity contribution >= 4 is 16.0 Å². The van der Waals surface area contributed by atoms with Crippen molar-refractivity contribution in [2.24, 2.45) is 0 Å². The molecule has 0 saturated carbocycles. The maximum atomic E-state index is 11.3. The van der Waals surface area contributed by atoms with Crippen molar-refractivity contribution in [1.29, 1.82) is 0 Å². The van der Waals surface area contributed by atoms with Crippen LogP contribution in [0.1, 0.15) is 43.1 Å². The molecule has 0 spiro atoms. The van der Waals surface area contributed by atoms with Gasteiger partial charge in [-0.15, -0.1) is 0 Å². The number of ether oxygens (including phenoxy) is 1. The summed E-state index contributed by atoms with van der Waals surface area (Å²) in [6.45, 7) is 5.80. The second kappa shape index (κ2) is 6.59. The average Bonchev–Trinajstić information content (AvgIpc) is 2.81. The standard InChI is InChI=1S/C13H22N2O5S/c1-9(10-6-7-11(20-10)12(16)19-4)14-8-13(2,3)15-21(5,17)18/h6-7,9,14-15H,8H2,1-5H3. The van der Waals surface area contributed by atoms with Gasteiger partial charge in [-0.05, 0) is 32.9 Å². The highest BCUT2D eigenvalue weighted by Crippen LogP contribution is 2.17. The molecule has 1 heterocycles. The van der Waals surface area contributed by atoms with Crippen LogP contribution in [0.15, 0.2) is 16.5 Å². The molecule has 0 amide bonds. The van der Waals surface area contributed by atoms with Crippen molar-refractivity contribution < 1.29 is 22.4 Å². The van der Waals surface area contributed by atoms with Crippen molar-refractivity contribution in [3.8, 4) is 0 Å². The lowest BCUT2D eigenvalue weighted by Crippen LogP contribution is -2.50. The maximum absolute atomic E-state index is 11.3. The molecular formula is C13H22N2O5S. The number of sulfonamides is 1. The van der Waals surface area contributed by atoms with E-state index in [1.165, 1.54) is 7.11 Å². The summed E-state index contributed by atoms with van der Waals surface area (Å²) in [6, 6.07) is 3.05. The molecule has 2 N–H and O–H groups in total. The van der Waals surface area contributed by atoms with Crippen LogP contribution in [-0.2, 0) is 14.8 Å². The lowest BCUT2D eigenvalue weighted by atomic mass is 10.1. The first-order valence-electron chi connectivity index (χ1n) is 6.44. The van der Waals surface area contributed by atoms with E-state index in [-0.39, 0.29) is 11.8 Å². The SMILES string of the molecule is COC(=O)c1ccc(C(C)NCC(C)(C)NS(C)(=O)=O)o1. The number of hydrogen-bond acceptors (Lipinski definition) is 6. The van der Waals surface area contributed by atoms with E-state index in [1.807, 2.05) is 6.92 Å². The molecule has 0 bridgehead atoms. The third-order valence-electron chi connectivity index (χ3n) is 2.75. The number of nitrogens with one attached hydrogen (secondary N) is 2. The molecule has 1 rings (SSSR count). The number of hydrogen-bond donors (Lipinski definition) is 2. The summed E-state index contributed by atoms with van der Waals surface area (Å²) in [4.78, 5) is 11.3. The third-order valence-corrected chi connectivity index (χ3v) is 3.68. The maximum Gasteiger partial charge on any atom is 0.373 e. The van der Waals surface area contributed by atoms with Crippen molar-refractivity contribution in [3.63, 3.8) is 0 Å². The van der Waals surface area contributed by atoms with Gasteiger partial charge in [0.2, 0.25) is 15.8 Å². The van der Waals surface area contributed by atoms with E-state index in [0.29, 0.717) is 12.3 Å². The zero-order valence-electron chi connectivity index (χ0n) is 12.9. The first kappa shape index (κ1) is 17.7. The highest BCUT2D eigenvalue weighted by Gasteiger charge is 2.23. The van der Waals surface area contributed by atoms with Gasteiger partial charge in [0.05, 0.1) is 19.4 Å². The monoisotopic (exact) mass is 318 g/mol. The fraction of sp³-hybridized carbons (Fsp3) is 0.615. The quantitative estimate of drug-likeness (QED) is 0.729. The number of carbonyl (C=O) groups excluding carboxylic acids is 1. The van der Waals surface area contributed by atoms with E-state index in [2.05, 4.69) is 14.8 Å². The second-order valence-electron chi connectivity index (χ2n) is 5.55. The minimum atomic E-state index is -3.28. The van der Waals surface area contributed by atoms with E-state index < -0.39 is 21.5 Å². The number of esters is 1. The Morgan fingerprint density at radius 1 is 1.43 bits per heavy atom. The van der Waals surface area contributed by atoms with Crippen LogP contribution in [0.25, 0.3) is 0 Å². The lowest BCUT2D eigenvalue weighted by molar-refractivity contribution is 0.0562. The molecule has 0 fully saturated rings. The predicted molar refractivity (Wildman–Crippen MR) is 78.5 cm³/mol. The van der Waals surface area contributed by atoms with Crippen molar-refractivity contribution in [2.75, 3.05) is 19.9 Å². The van der Waals surface area contributed by atoms with E-state index in [1.54, 1.807) is 26.0 Å². The van der Waals surface area contributed by atoms with Gasteiger partial charge in [0.15, 0.2) is 0 Å². The highest BCUT2D eigenvalue weighted by molar-refractivity contribution is 7.88. The van der Waals surface area contributed by atoms with Crippen LogP contribution < -0.4 is 10.0 Å². The Kier molecular flexibility index (Phi) is 5.54. The van der Waals surface area contributed by atoms with Gasteiger partial charge in [0.25, 0.3) is 0 Å². The van der Waals surface area contributed by atoms with E-state index in [0.717, 1.165) is 6.26 Å². The summed E-state index contributed by atoms with van der Waals surface area (Å²) >= 11 is 0. The summed E-state index contributed by atoms with van der Waals surface area (Å²) in [5, 5.41) is 3.16. The summed E-state index contributed by atoms with van der Waals surface area (Å²) < 4.78 is 35.0. The van der Waals surface area contributed by atoms with E-state index >= 15 is 0 Å². The summed E-state index contributed by atoms with van der Waals surface area (Å²) in [6.07, 6.45) is 1.12. The van der Waals surface area contributed by atoms with Crippen LogP contribution >= 0.6 is 0 Å². The molecule has 0 aliphatic heterocycles. The van der Waals surface area contributed by atoms with Gasteiger partial charge < -0.3 is 14.5 Å². The Morgan fingerprint density at radius 3 is 2.57 bits per heavy atom. The Hall–Kier alpha value is -1.38. The van der Waals surface area contributed by atoms with Gasteiger partial charge in [0.1, 0.15) is 5.76 Å². The first-order chi connectivity index (χ1) is 9.54. The van der Waals surface area contributed by atoms with Crippen LogP contribution in [0.5, 0.6) is 0 Å². The fourth-order valence-electron chi connectivity index (χ4n) is 1.84. The molecule has 1 aromatic heterocycles. The normalized spacial score (nSPS) is 14.0. The first-order valence-corrected chi connectivity index (χ1v) is 8.33. The van der Waals surface area contributed by atoms with Crippen LogP contribution in [0, 0.1) is 0 Å². The Bertz CT molecular complexity index is 591. The van der Waals surface area contributed by atoms with Gasteiger partial charge in [-0.2, -0.15) is 0 Å². The molecule has 0 aliphatic carbocycles. The predicted octanol–water partition coefficient (Wildman–Crippen LogP) is 1.04. The molecule has 0 aromatic carbocycles. The third kappa shape index (κ3) is 5.86. The zero-order valence-corrected chi connectivity index (χ0v) is 13.7. The molecule has 0 saturated heterocycles. The number of rotatable bonds is 7. The average molecular weight is 318 g/mol. The van der Waals surface area contributed by atoms with Gasteiger partial charge in [0, 0.05) is 12.1 Å². The largest absolute Gasteiger partial charge is 0.463 e. The zero-order chi connectivity index (χ0) is 16.3. The molecule has 8 heteroatoms. The Balaban J connectivity index is 2.63. The Labute approximate surface area is 125 Å². The van der Waals surface area contributed by atoms with Crippen molar-refractivity contribution in [2.45, 2.75) is 32.4 Å². The highest BCUT2D eigenvalue weighted by atomic mass is 32.2. The van der Waals surface area contributed by atoms with Gasteiger partial charge in [-0.25, -0.2) is 17.9 Å². The molecule has 1 atom stereocenters. The summed E-state index contributed by atoms with van der Waals surface area (Å²) in [5.74, 6) is 0.174. The summed E-state index contributed by atoms with van der Waals surface area (Å²) in [5.41, 5.74) is -0.639. The Morgan fingerprint density at radius 2 is 2.05 bits per heavy atom. The molecule has 1 aromatic rings. The fourth-order valence-corrected chi connectivity index (χ4v) is 2.92. The molecule has 0 aliphatic rings. The van der Waals surface area contributed by atoms with Crippen LogP contribution in [0.2, 0.25) is 0 Å². The molecule has 1 unspecified atom stereocenters. The van der Waals surface area contributed by atoms with Crippen LogP contribution in [0.3, 0.4) is 0 Å². The molecule has 120 valence electrons. The number of carbonyl (C=O) groups is 1. The van der Waals surface area contributed by atoms with Crippen LogP contribution in [-0.4, -0.2) is 39.8 Å². The number of furan rings is 1. The molecule has 7 nitrogen and oxygen atoms in total. The minimum absolute atomic E-state index is 0.134. The smallest absolute Gasteiger partial charge is 0.373 e. The topological polar surface area (TPSA) is 97.6 Å². The lowest BCUT2D eigenvalue weighted by Gasteiger charge is -2.27. The van der Waals surface area contributed by atoms with Crippen molar-refractivity contribution in [3.05, 3.63) is 23.7 Å². The minimum Gasteiger partial charge on any atom is -0.463 e. The van der Waals surface area contributed by atoms with Crippen molar-refractivity contribution in [1.82, 2.24) is 10.0 Å². The van der Waals surface area contributed by atoms with Gasteiger partial charge in [-0.1, -0.05) is 0 Å². The van der Waals surface area contributed by atoms with E-state index in [4.69, 9.17) is 4.42 Å². The second-order valence-corrected chi connectivity index (χ2v) is 7.30. The molecule has 0 radical (unpaired) electrons. The van der Waals surface area contributed by atoms with Gasteiger partial charge in [-0.3, -0.25) is 0 Å². The molecule has 21 heavy (non-hydrogen) atoms. The van der Waals surface area contributed by atoms with E-state index in [9.17, 15) is 13.2 Å². The number of methoxy groups -OCH3 is 1.